The van der Waals surface area contributed by atoms with Gasteiger partial charge in [-0.15, -0.1) is 3.77 Å². The van der Waals surface area contributed by atoms with E-state index < -0.39 is 20.7 Å². The third-order valence-corrected chi connectivity index (χ3v) is 12.7. The number of nitrogens with zero attached hydrogens (tertiary/aromatic N) is 1. The molecule has 3 aromatic rings. The second kappa shape index (κ2) is 7.64. The highest BCUT2D eigenvalue weighted by Gasteiger charge is 2.63. The molecule has 0 amide bonds. The van der Waals surface area contributed by atoms with Crippen LogP contribution in [0.2, 0.25) is 0 Å². The van der Waals surface area contributed by atoms with Crippen LogP contribution in [-0.4, -0.2) is 18.9 Å². The van der Waals surface area contributed by atoms with Crippen LogP contribution in [0.5, 0.6) is 0 Å². The fourth-order valence-corrected chi connectivity index (χ4v) is 12.5. The molecule has 36 heavy (non-hydrogen) atoms. The van der Waals surface area contributed by atoms with Gasteiger partial charge in [0.15, 0.2) is 0 Å². The van der Waals surface area contributed by atoms with Crippen LogP contribution in [0.1, 0.15) is 70.1 Å². The first-order valence-corrected chi connectivity index (χ1v) is 15.6. The SMILES string of the molecule is Cc1ccc(S(=O)(=O)N=S2C3C(C(C)(C)C)=C(C(C)(C)C)C2C2c4cccc5cccc(c45)C23)cc1. The van der Waals surface area contributed by atoms with Gasteiger partial charge in [0.2, 0.25) is 0 Å². The Morgan fingerprint density at radius 2 is 1.19 bits per heavy atom. The van der Waals surface area contributed by atoms with Crippen molar-refractivity contribution in [1.29, 1.82) is 0 Å². The highest BCUT2D eigenvalue weighted by atomic mass is 32.3. The first-order valence-electron chi connectivity index (χ1n) is 12.8. The summed E-state index contributed by atoms with van der Waals surface area (Å²) in [5, 5.41) is 2.88. The zero-order chi connectivity index (χ0) is 25.8. The van der Waals surface area contributed by atoms with Crippen molar-refractivity contribution in [3.63, 3.8) is 0 Å². The minimum absolute atomic E-state index is 0.0654. The maximum Gasteiger partial charge on any atom is 0.287 e. The van der Waals surface area contributed by atoms with Crippen LogP contribution in [0.3, 0.4) is 0 Å². The smallest absolute Gasteiger partial charge is 0.199 e. The molecule has 3 aliphatic rings. The lowest BCUT2D eigenvalue weighted by molar-refractivity contribution is 0.384. The molecule has 1 saturated heterocycles. The highest BCUT2D eigenvalue weighted by molar-refractivity contribution is 8.01. The fraction of sp³-hybridized carbons (Fsp3) is 0.419. The second-order valence-corrected chi connectivity index (χ2v) is 16.4. The van der Waals surface area contributed by atoms with E-state index in [1.807, 2.05) is 19.1 Å². The zero-order valence-electron chi connectivity index (χ0n) is 22.2. The van der Waals surface area contributed by atoms with Gasteiger partial charge < -0.3 is 0 Å². The molecular weight excluding hydrogens is 482 g/mol. The summed E-state index contributed by atoms with van der Waals surface area (Å²) in [5.74, 6) is 0.549. The van der Waals surface area contributed by atoms with Crippen LogP contribution in [0.4, 0.5) is 0 Å². The molecule has 188 valence electrons. The van der Waals surface area contributed by atoms with Gasteiger partial charge in [-0.1, -0.05) is 106 Å². The molecule has 2 bridgehead atoms. The van der Waals surface area contributed by atoms with E-state index in [0.717, 1.165) is 5.56 Å². The van der Waals surface area contributed by atoms with Gasteiger partial charge in [0, 0.05) is 22.3 Å². The van der Waals surface area contributed by atoms with Gasteiger partial charge in [-0.05, 0) is 62.9 Å². The molecule has 5 heteroatoms. The molecule has 1 fully saturated rings. The van der Waals surface area contributed by atoms with Crippen LogP contribution in [0, 0.1) is 17.8 Å². The van der Waals surface area contributed by atoms with Gasteiger partial charge in [-0.2, -0.15) is 8.42 Å². The monoisotopic (exact) mass is 517 g/mol. The van der Waals surface area contributed by atoms with Crippen molar-refractivity contribution in [3.8, 4) is 0 Å². The van der Waals surface area contributed by atoms with Crippen LogP contribution in [0.25, 0.3) is 10.8 Å². The number of aryl methyl sites for hydroxylation is 1. The summed E-state index contributed by atoms with van der Waals surface area (Å²) in [6, 6.07) is 20.4. The lowest BCUT2D eigenvalue weighted by Crippen LogP contribution is -2.33. The average Bonchev–Trinajstić information content (AvgIpc) is 3.39. The Morgan fingerprint density at radius 3 is 1.64 bits per heavy atom. The number of sulfonamides is 1. The number of hydrogen-bond donors (Lipinski definition) is 0. The first kappa shape index (κ1) is 24.1. The predicted octanol–water partition coefficient (Wildman–Crippen LogP) is 7.67. The summed E-state index contributed by atoms with van der Waals surface area (Å²) in [4.78, 5) is 0.300. The average molecular weight is 518 g/mol. The zero-order valence-corrected chi connectivity index (χ0v) is 23.8. The van der Waals surface area contributed by atoms with E-state index in [4.69, 9.17) is 3.77 Å². The molecule has 3 nitrogen and oxygen atoms in total. The van der Waals surface area contributed by atoms with E-state index in [1.54, 1.807) is 12.1 Å². The normalized spacial score (nSPS) is 27.1. The van der Waals surface area contributed by atoms with Crippen molar-refractivity contribution in [3.05, 3.63) is 88.5 Å². The minimum atomic E-state index is -3.77. The maximum absolute atomic E-state index is 13.7. The van der Waals surface area contributed by atoms with Crippen LogP contribution in [-0.2, 0) is 20.7 Å². The molecule has 0 spiro atoms. The molecule has 6 rings (SSSR count). The molecule has 0 radical (unpaired) electrons. The Kier molecular flexibility index (Phi) is 5.12. The Hall–Kier alpha value is -2.24. The number of fused-ring (bicyclic) bond motifs is 7. The van der Waals surface area contributed by atoms with Gasteiger partial charge >= 0.3 is 0 Å². The topological polar surface area (TPSA) is 46.5 Å². The summed E-state index contributed by atoms with van der Waals surface area (Å²) >= 11 is 0. The Balaban J connectivity index is 1.64. The van der Waals surface area contributed by atoms with E-state index in [1.165, 1.54) is 33.0 Å². The van der Waals surface area contributed by atoms with Crippen LogP contribution < -0.4 is 0 Å². The van der Waals surface area contributed by atoms with Crippen molar-refractivity contribution in [2.75, 3.05) is 0 Å². The lowest BCUT2D eigenvalue weighted by Gasteiger charge is -2.40. The van der Waals surface area contributed by atoms with E-state index in [9.17, 15) is 8.42 Å². The van der Waals surface area contributed by atoms with Crippen molar-refractivity contribution >= 4 is 31.5 Å². The first-order chi connectivity index (χ1) is 16.8. The van der Waals surface area contributed by atoms with Gasteiger partial charge in [-0.3, -0.25) is 0 Å². The Labute approximate surface area is 218 Å². The van der Waals surface area contributed by atoms with Crippen LogP contribution in [0.15, 0.2) is 80.5 Å². The van der Waals surface area contributed by atoms with E-state index >= 15 is 0 Å². The van der Waals surface area contributed by atoms with Crippen molar-refractivity contribution in [1.82, 2.24) is 0 Å². The van der Waals surface area contributed by atoms with Crippen molar-refractivity contribution in [2.45, 2.75) is 75.7 Å². The Bertz CT molecular complexity index is 1510. The van der Waals surface area contributed by atoms with Gasteiger partial charge in [-0.25, -0.2) is 0 Å². The third kappa shape index (κ3) is 3.35. The third-order valence-electron chi connectivity index (χ3n) is 8.23. The molecule has 4 unspecified atom stereocenters. The summed E-state index contributed by atoms with van der Waals surface area (Å²) in [5.41, 5.74) is 6.57. The number of rotatable bonds is 2. The highest BCUT2D eigenvalue weighted by Crippen LogP contribution is 2.68. The van der Waals surface area contributed by atoms with Gasteiger partial charge in [0.05, 0.1) is 4.90 Å². The van der Waals surface area contributed by atoms with E-state index in [2.05, 4.69) is 77.9 Å². The summed E-state index contributed by atoms with van der Waals surface area (Å²) in [6.07, 6.45) is 0. The molecule has 1 aliphatic carbocycles. The van der Waals surface area contributed by atoms with Gasteiger partial charge in [0.25, 0.3) is 10.0 Å². The molecule has 2 heterocycles. The second-order valence-electron chi connectivity index (χ2n) is 12.7. The molecule has 2 aliphatic heterocycles. The minimum Gasteiger partial charge on any atom is -0.199 e. The summed E-state index contributed by atoms with van der Waals surface area (Å²) in [6.45, 7) is 15.7. The molecule has 4 atom stereocenters. The van der Waals surface area contributed by atoms with E-state index in [-0.39, 0.29) is 33.2 Å². The van der Waals surface area contributed by atoms with Crippen molar-refractivity contribution < 1.29 is 8.42 Å². The fourth-order valence-electron chi connectivity index (χ4n) is 7.03. The summed E-state index contributed by atoms with van der Waals surface area (Å²) in [7, 11) is -4.43. The van der Waals surface area contributed by atoms with Crippen LogP contribution >= 0.6 is 0 Å². The Morgan fingerprint density at radius 1 is 0.722 bits per heavy atom. The number of hydrogen-bond acceptors (Lipinski definition) is 2. The molecule has 3 aromatic carbocycles. The lowest BCUT2D eigenvalue weighted by atomic mass is 9.63. The maximum atomic E-state index is 13.7. The van der Waals surface area contributed by atoms with E-state index in [0.29, 0.717) is 4.90 Å². The quantitative estimate of drug-likeness (QED) is 0.327. The molecule has 0 saturated carbocycles. The van der Waals surface area contributed by atoms with Gasteiger partial charge in [0.1, 0.15) is 0 Å². The summed E-state index contributed by atoms with van der Waals surface area (Å²) < 4.78 is 32.3. The molecular formula is C31H35NO2S2. The molecule has 0 N–H and O–H groups in total. The van der Waals surface area contributed by atoms with Crippen molar-refractivity contribution in [2.24, 2.45) is 14.6 Å². The predicted molar refractivity (Wildman–Crippen MR) is 151 cm³/mol. The largest absolute Gasteiger partial charge is 0.287 e. The number of benzene rings is 3. The molecule has 0 aromatic heterocycles. The standard InChI is InChI=1S/C31H35NO2S2/c1-18-14-16-20(17-15-18)36(33,34)32-35-28-24-21-12-8-10-19-11-9-13-22(23(19)21)25(24)29(35)27(31(5,6)7)26(28)30(2,3)4/h8-17,24-25,28-29H,1-7H3.